The van der Waals surface area contributed by atoms with E-state index in [4.69, 9.17) is 14.2 Å². The molecule has 0 saturated heterocycles. The predicted octanol–water partition coefficient (Wildman–Crippen LogP) is 4.16. The highest BCUT2D eigenvalue weighted by molar-refractivity contribution is 5.90. The number of nitrogens with one attached hydrogen (secondary N) is 2. The van der Waals surface area contributed by atoms with Gasteiger partial charge in [0, 0.05) is 5.56 Å². The molecule has 35 heavy (non-hydrogen) atoms. The highest BCUT2D eigenvalue weighted by atomic mass is 16.5. The largest absolute Gasteiger partial charge is 0.493 e. The first-order valence-electron chi connectivity index (χ1n) is 11.9. The third kappa shape index (κ3) is 8.63. The number of para-hydroxylation sites is 2. The van der Waals surface area contributed by atoms with Gasteiger partial charge in [0.05, 0.1) is 19.9 Å². The van der Waals surface area contributed by atoms with Crippen molar-refractivity contribution in [2.24, 2.45) is 11.0 Å². The second-order valence-corrected chi connectivity index (χ2v) is 8.72. The van der Waals surface area contributed by atoms with Crippen LogP contribution in [0.5, 0.6) is 17.2 Å². The number of hydrogen-bond donors (Lipinski definition) is 2. The molecular formula is C27H37N3O5. The van der Waals surface area contributed by atoms with Crippen LogP contribution in [-0.2, 0) is 9.59 Å². The van der Waals surface area contributed by atoms with Crippen LogP contribution in [0.1, 0.15) is 50.3 Å². The molecule has 0 aromatic heterocycles. The first kappa shape index (κ1) is 27.7. The number of benzene rings is 2. The number of ether oxygens (including phenoxy) is 3. The maximum atomic E-state index is 12.8. The van der Waals surface area contributed by atoms with E-state index in [2.05, 4.69) is 15.8 Å². The topological polar surface area (TPSA) is 98.2 Å². The molecule has 8 heteroatoms. The Balaban J connectivity index is 2.04. The van der Waals surface area contributed by atoms with Gasteiger partial charge in [0.25, 0.3) is 11.8 Å². The molecule has 0 radical (unpaired) electrons. The van der Waals surface area contributed by atoms with Crippen molar-refractivity contribution in [3.8, 4) is 17.2 Å². The lowest BCUT2D eigenvalue weighted by Crippen LogP contribution is -2.47. The summed E-state index contributed by atoms with van der Waals surface area (Å²) in [5.74, 6) is 1.22. The van der Waals surface area contributed by atoms with Crippen molar-refractivity contribution in [3.05, 3.63) is 53.1 Å². The van der Waals surface area contributed by atoms with Crippen molar-refractivity contribution in [1.82, 2.24) is 10.7 Å². The van der Waals surface area contributed by atoms with Crippen LogP contribution in [0.4, 0.5) is 0 Å². The normalized spacial score (nSPS) is 11.9. The lowest BCUT2D eigenvalue weighted by molar-refractivity contribution is -0.130. The fraction of sp³-hybridized carbons (Fsp3) is 0.444. The van der Waals surface area contributed by atoms with Crippen LogP contribution in [-0.4, -0.2) is 44.4 Å². The van der Waals surface area contributed by atoms with E-state index in [1.165, 1.54) is 6.21 Å². The molecule has 190 valence electrons. The first-order valence-corrected chi connectivity index (χ1v) is 11.9. The number of aryl methyl sites for hydroxylation is 2. The Kier molecular flexibility index (Phi) is 11.1. The molecule has 2 rings (SSSR count). The lowest BCUT2D eigenvalue weighted by atomic mass is 10.0. The summed E-state index contributed by atoms with van der Waals surface area (Å²) >= 11 is 0. The molecule has 2 N–H and O–H groups in total. The number of rotatable bonds is 13. The van der Waals surface area contributed by atoms with Crippen LogP contribution in [0.15, 0.2) is 41.5 Å². The third-order valence-electron chi connectivity index (χ3n) is 5.17. The SMILES string of the molecule is CCCOc1c(/C=N\NC(=O)[C@@H](CC(C)C)NC(=O)COc2c(C)cccc2C)cccc1OC. The summed E-state index contributed by atoms with van der Waals surface area (Å²) in [4.78, 5) is 25.4. The van der Waals surface area contributed by atoms with Gasteiger partial charge in [0.2, 0.25) is 0 Å². The van der Waals surface area contributed by atoms with E-state index < -0.39 is 11.9 Å². The van der Waals surface area contributed by atoms with Crippen molar-refractivity contribution in [1.29, 1.82) is 0 Å². The van der Waals surface area contributed by atoms with Crippen LogP contribution in [0.2, 0.25) is 0 Å². The molecule has 0 heterocycles. The summed E-state index contributed by atoms with van der Waals surface area (Å²) in [5.41, 5.74) is 5.10. The van der Waals surface area contributed by atoms with Gasteiger partial charge in [-0.15, -0.1) is 0 Å². The molecule has 0 fully saturated rings. The maximum absolute atomic E-state index is 12.8. The van der Waals surface area contributed by atoms with E-state index in [1.807, 2.05) is 65.0 Å². The first-order chi connectivity index (χ1) is 16.8. The van der Waals surface area contributed by atoms with Gasteiger partial charge in [-0.05, 0) is 55.9 Å². The second kappa shape index (κ2) is 14.0. The average Bonchev–Trinajstić information content (AvgIpc) is 2.81. The quantitative estimate of drug-likeness (QED) is 0.329. The minimum atomic E-state index is -0.748. The molecule has 8 nitrogen and oxygen atoms in total. The van der Waals surface area contributed by atoms with Crippen LogP contribution in [0.25, 0.3) is 0 Å². The van der Waals surface area contributed by atoms with Gasteiger partial charge in [0.1, 0.15) is 11.8 Å². The fourth-order valence-corrected chi connectivity index (χ4v) is 3.50. The van der Waals surface area contributed by atoms with Gasteiger partial charge in [0.15, 0.2) is 18.1 Å². The molecule has 0 bridgehead atoms. The fourth-order valence-electron chi connectivity index (χ4n) is 3.50. The van der Waals surface area contributed by atoms with E-state index in [0.29, 0.717) is 35.8 Å². The van der Waals surface area contributed by atoms with Crippen molar-refractivity contribution >= 4 is 18.0 Å². The highest BCUT2D eigenvalue weighted by Crippen LogP contribution is 2.30. The number of nitrogens with zero attached hydrogens (tertiary/aromatic N) is 1. The Morgan fingerprint density at radius 2 is 1.71 bits per heavy atom. The Hall–Kier alpha value is -3.55. The number of hydrazone groups is 1. The zero-order valence-corrected chi connectivity index (χ0v) is 21.5. The van der Waals surface area contributed by atoms with E-state index >= 15 is 0 Å². The summed E-state index contributed by atoms with van der Waals surface area (Å²) < 4.78 is 16.9. The highest BCUT2D eigenvalue weighted by Gasteiger charge is 2.22. The van der Waals surface area contributed by atoms with Crippen LogP contribution >= 0.6 is 0 Å². The molecule has 0 unspecified atom stereocenters. The zero-order valence-electron chi connectivity index (χ0n) is 21.5. The van der Waals surface area contributed by atoms with Crippen molar-refractivity contribution in [2.45, 2.75) is 53.5 Å². The van der Waals surface area contributed by atoms with Crippen molar-refractivity contribution in [2.75, 3.05) is 20.3 Å². The average molecular weight is 484 g/mol. The molecule has 0 aliphatic rings. The number of hydrogen-bond acceptors (Lipinski definition) is 6. The molecule has 2 amide bonds. The van der Waals surface area contributed by atoms with Crippen LogP contribution in [0, 0.1) is 19.8 Å². The zero-order chi connectivity index (χ0) is 25.8. The lowest BCUT2D eigenvalue weighted by Gasteiger charge is -2.19. The summed E-state index contributed by atoms with van der Waals surface area (Å²) in [5, 5.41) is 6.86. The molecule has 0 spiro atoms. The van der Waals surface area contributed by atoms with Crippen molar-refractivity contribution in [3.63, 3.8) is 0 Å². The van der Waals surface area contributed by atoms with Crippen LogP contribution in [0.3, 0.4) is 0 Å². The van der Waals surface area contributed by atoms with E-state index in [9.17, 15) is 9.59 Å². The molecule has 0 aliphatic carbocycles. The number of carbonyl (C=O) groups excluding carboxylic acids is 2. The Morgan fingerprint density at radius 3 is 2.34 bits per heavy atom. The summed E-state index contributed by atoms with van der Waals surface area (Å²) in [6, 6.07) is 10.5. The summed E-state index contributed by atoms with van der Waals surface area (Å²) in [6.07, 6.45) is 2.80. The Bertz CT molecular complexity index is 1000. The van der Waals surface area contributed by atoms with Gasteiger partial charge in [-0.25, -0.2) is 5.43 Å². The van der Waals surface area contributed by atoms with Gasteiger partial charge in [-0.3, -0.25) is 9.59 Å². The van der Waals surface area contributed by atoms with Gasteiger partial charge in [-0.2, -0.15) is 5.10 Å². The van der Waals surface area contributed by atoms with E-state index in [1.54, 1.807) is 13.2 Å². The number of carbonyl (C=O) groups is 2. The van der Waals surface area contributed by atoms with Gasteiger partial charge < -0.3 is 19.5 Å². The monoisotopic (exact) mass is 483 g/mol. The second-order valence-electron chi connectivity index (χ2n) is 8.72. The molecule has 0 saturated carbocycles. The van der Waals surface area contributed by atoms with E-state index in [-0.39, 0.29) is 18.4 Å². The van der Waals surface area contributed by atoms with E-state index in [0.717, 1.165) is 17.5 Å². The molecule has 0 aliphatic heterocycles. The minimum Gasteiger partial charge on any atom is -0.493 e. The predicted molar refractivity (Wildman–Crippen MR) is 137 cm³/mol. The molecular weight excluding hydrogens is 446 g/mol. The minimum absolute atomic E-state index is 0.182. The van der Waals surface area contributed by atoms with Crippen LogP contribution < -0.4 is 25.0 Å². The van der Waals surface area contributed by atoms with Gasteiger partial charge >= 0.3 is 0 Å². The maximum Gasteiger partial charge on any atom is 0.262 e. The van der Waals surface area contributed by atoms with Crippen molar-refractivity contribution < 1.29 is 23.8 Å². The number of amides is 2. The Morgan fingerprint density at radius 1 is 1.03 bits per heavy atom. The smallest absolute Gasteiger partial charge is 0.262 e. The molecule has 2 aromatic carbocycles. The number of methoxy groups -OCH3 is 1. The standard InChI is InChI=1S/C27H37N3O5/c1-7-14-34-26-21(12-9-13-23(26)33-6)16-28-30-27(32)22(15-18(2)3)29-24(31)17-35-25-19(4)10-8-11-20(25)5/h8-13,16,18,22H,7,14-15,17H2,1-6H3,(H,29,31)(H,30,32)/b28-16-/t22-/m1/s1. The molecule has 2 aromatic rings. The third-order valence-corrected chi connectivity index (χ3v) is 5.17. The summed E-state index contributed by atoms with van der Waals surface area (Å²) in [6.45, 7) is 10.2. The summed E-state index contributed by atoms with van der Waals surface area (Å²) in [7, 11) is 1.57. The Labute approximate surface area is 208 Å². The molecule has 1 atom stereocenters. The van der Waals surface area contributed by atoms with Gasteiger partial charge in [-0.1, -0.05) is 45.0 Å².